The molecule has 1 aromatic carbocycles. The van der Waals surface area contributed by atoms with E-state index in [1.807, 2.05) is 0 Å². The lowest BCUT2D eigenvalue weighted by atomic mass is 10.1. The van der Waals surface area contributed by atoms with E-state index in [9.17, 15) is 4.79 Å². The van der Waals surface area contributed by atoms with Crippen LogP contribution in [0.4, 0.5) is 5.69 Å². The van der Waals surface area contributed by atoms with Crippen LogP contribution in [-0.2, 0) is 0 Å². The number of rotatable bonds is 0. The number of hydrogen-bond acceptors (Lipinski definition) is 3. The van der Waals surface area contributed by atoms with Gasteiger partial charge in [0.25, 0.3) is 5.91 Å². The highest BCUT2D eigenvalue weighted by Crippen LogP contribution is 2.35. The number of fused-ring (bicyclic) bond motifs is 3. The summed E-state index contributed by atoms with van der Waals surface area (Å²) in [6, 6.07) is 3.41. The number of hydrogen-bond donors (Lipinski definition) is 2. The molecule has 0 radical (unpaired) electrons. The predicted molar refractivity (Wildman–Crippen MR) is 67.9 cm³/mol. The van der Waals surface area contributed by atoms with Crippen LogP contribution in [-0.4, -0.2) is 31.7 Å². The molecule has 1 aromatic rings. The molecule has 0 aliphatic carbocycles. The normalized spacial score (nSPS) is 22.8. The van der Waals surface area contributed by atoms with Crippen LogP contribution < -0.4 is 15.5 Å². The van der Waals surface area contributed by atoms with Crippen molar-refractivity contribution in [1.82, 2.24) is 10.6 Å². The second-order valence-electron chi connectivity index (χ2n) is 4.17. The van der Waals surface area contributed by atoms with Crippen molar-refractivity contribution in [3.05, 3.63) is 27.7 Å². The summed E-state index contributed by atoms with van der Waals surface area (Å²) < 4.78 is 0. The van der Waals surface area contributed by atoms with E-state index in [1.54, 1.807) is 12.1 Å². The van der Waals surface area contributed by atoms with Crippen molar-refractivity contribution in [1.29, 1.82) is 0 Å². The van der Waals surface area contributed by atoms with E-state index < -0.39 is 0 Å². The second-order valence-corrected chi connectivity index (χ2v) is 5.01. The third-order valence-corrected chi connectivity index (χ3v) is 3.63. The largest absolute Gasteiger partial charge is 0.348 e. The van der Waals surface area contributed by atoms with Gasteiger partial charge in [0.15, 0.2) is 0 Å². The molecule has 4 nitrogen and oxygen atoms in total. The van der Waals surface area contributed by atoms with E-state index in [0.717, 1.165) is 25.3 Å². The Hall–Kier alpha value is -0.970. The van der Waals surface area contributed by atoms with Crippen LogP contribution in [0.15, 0.2) is 12.1 Å². The number of nitrogens with zero attached hydrogens (tertiary/aromatic N) is 1. The van der Waals surface area contributed by atoms with E-state index in [2.05, 4.69) is 15.5 Å². The number of carbonyl (C=O) groups is 1. The zero-order valence-electron chi connectivity index (χ0n) is 8.96. The van der Waals surface area contributed by atoms with Crippen LogP contribution >= 0.6 is 23.2 Å². The van der Waals surface area contributed by atoms with Gasteiger partial charge in [-0.2, -0.15) is 0 Å². The molecule has 3 rings (SSSR count). The van der Waals surface area contributed by atoms with Crippen LogP contribution in [0.5, 0.6) is 0 Å². The van der Waals surface area contributed by atoms with Gasteiger partial charge in [0.05, 0.1) is 16.3 Å². The molecule has 0 bridgehead atoms. The first kappa shape index (κ1) is 11.1. The fourth-order valence-electron chi connectivity index (χ4n) is 2.36. The molecule has 2 heterocycles. The molecule has 2 aliphatic heterocycles. The lowest BCUT2D eigenvalue weighted by Crippen LogP contribution is -2.62. The number of anilines is 1. The molecule has 2 aliphatic rings. The minimum Gasteiger partial charge on any atom is -0.348 e. The Kier molecular flexibility index (Phi) is 2.65. The summed E-state index contributed by atoms with van der Waals surface area (Å²) in [5.41, 5.74) is 1.35. The molecule has 1 amide bonds. The summed E-state index contributed by atoms with van der Waals surface area (Å²) in [7, 11) is 0. The van der Waals surface area contributed by atoms with Crippen molar-refractivity contribution in [2.75, 3.05) is 24.5 Å². The molecule has 6 heteroatoms. The van der Waals surface area contributed by atoms with Crippen LogP contribution in [0.1, 0.15) is 10.4 Å². The van der Waals surface area contributed by atoms with Gasteiger partial charge in [-0.1, -0.05) is 23.2 Å². The first-order valence-corrected chi connectivity index (χ1v) is 6.19. The molecular formula is C11H11Cl2N3O. The highest BCUT2D eigenvalue weighted by atomic mass is 35.5. The molecule has 0 saturated carbocycles. The number of piperazine rings is 1. The van der Waals surface area contributed by atoms with E-state index in [0.29, 0.717) is 15.6 Å². The van der Waals surface area contributed by atoms with Gasteiger partial charge in [-0.15, -0.1) is 0 Å². The van der Waals surface area contributed by atoms with Crippen LogP contribution in [0, 0.1) is 0 Å². The molecular weight excluding hydrogens is 261 g/mol. The third kappa shape index (κ3) is 1.76. The van der Waals surface area contributed by atoms with Crippen molar-refractivity contribution in [2.45, 2.75) is 6.17 Å². The van der Waals surface area contributed by atoms with E-state index in [4.69, 9.17) is 23.2 Å². The molecule has 0 aromatic heterocycles. The van der Waals surface area contributed by atoms with Crippen LogP contribution in [0.25, 0.3) is 0 Å². The summed E-state index contributed by atoms with van der Waals surface area (Å²) in [5.74, 6) is -0.133. The molecule has 90 valence electrons. The molecule has 17 heavy (non-hydrogen) atoms. The second kappa shape index (κ2) is 4.05. The Morgan fingerprint density at radius 1 is 1.35 bits per heavy atom. The minimum atomic E-state index is -0.133. The number of nitrogens with one attached hydrogen (secondary N) is 2. The summed E-state index contributed by atoms with van der Waals surface area (Å²) in [6.07, 6.45) is -0.0155. The smallest absolute Gasteiger partial charge is 0.256 e. The topological polar surface area (TPSA) is 44.4 Å². The third-order valence-electron chi connectivity index (χ3n) is 3.11. The Bertz CT molecular complexity index is 492. The van der Waals surface area contributed by atoms with Crippen LogP contribution in [0.3, 0.4) is 0 Å². The average Bonchev–Trinajstić information content (AvgIpc) is 2.28. The summed E-state index contributed by atoms with van der Waals surface area (Å²) in [6.45, 7) is 2.44. The SMILES string of the molecule is O=C1N[C@H]2CNCCN2c2cc(Cl)cc(Cl)c21. The zero-order valence-corrected chi connectivity index (χ0v) is 10.5. The molecule has 1 fully saturated rings. The average molecular weight is 272 g/mol. The zero-order chi connectivity index (χ0) is 12.0. The fourth-order valence-corrected chi connectivity index (χ4v) is 2.92. The Morgan fingerprint density at radius 3 is 3.00 bits per heavy atom. The van der Waals surface area contributed by atoms with Gasteiger partial charge >= 0.3 is 0 Å². The number of amides is 1. The van der Waals surface area contributed by atoms with E-state index in [-0.39, 0.29) is 12.1 Å². The van der Waals surface area contributed by atoms with Gasteiger partial charge in [-0.05, 0) is 12.1 Å². The van der Waals surface area contributed by atoms with Gasteiger partial charge in [-0.25, -0.2) is 0 Å². The Balaban J connectivity index is 2.15. The van der Waals surface area contributed by atoms with Gasteiger partial charge < -0.3 is 15.5 Å². The highest BCUT2D eigenvalue weighted by Gasteiger charge is 2.33. The summed E-state index contributed by atoms with van der Waals surface area (Å²) >= 11 is 12.1. The van der Waals surface area contributed by atoms with Crippen molar-refractivity contribution in [3.8, 4) is 0 Å². The number of halogens is 2. The highest BCUT2D eigenvalue weighted by molar-refractivity contribution is 6.38. The maximum absolute atomic E-state index is 12.0. The monoisotopic (exact) mass is 271 g/mol. The first-order valence-electron chi connectivity index (χ1n) is 5.44. The standard InChI is InChI=1S/C11H11Cl2N3O/c12-6-3-7(13)10-8(4-6)16-2-1-14-5-9(16)15-11(10)17/h3-4,9,14H,1-2,5H2,(H,15,17)/t9-/m1/s1. The lowest BCUT2D eigenvalue weighted by molar-refractivity contribution is 0.0923. The summed E-state index contributed by atoms with van der Waals surface area (Å²) in [4.78, 5) is 14.1. The van der Waals surface area contributed by atoms with Crippen molar-refractivity contribution in [2.24, 2.45) is 0 Å². The predicted octanol–water partition coefficient (Wildman–Crippen LogP) is 1.47. The van der Waals surface area contributed by atoms with E-state index >= 15 is 0 Å². The molecule has 1 saturated heterocycles. The fraction of sp³-hybridized carbons (Fsp3) is 0.364. The first-order chi connectivity index (χ1) is 8.16. The molecule has 0 unspecified atom stereocenters. The quantitative estimate of drug-likeness (QED) is 0.751. The summed E-state index contributed by atoms with van der Waals surface area (Å²) in [5, 5.41) is 7.13. The number of benzene rings is 1. The Labute approximate surface area is 109 Å². The van der Waals surface area contributed by atoms with Crippen LogP contribution in [0.2, 0.25) is 10.0 Å². The molecule has 1 atom stereocenters. The van der Waals surface area contributed by atoms with Crippen molar-refractivity contribution < 1.29 is 4.79 Å². The maximum Gasteiger partial charge on any atom is 0.256 e. The van der Waals surface area contributed by atoms with Gasteiger partial charge in [0, 0.05) is 24.7 Å². The van der Waals surface area contributed by atoms with Crippen molar-refractivity contribution in [3.63, 3.8) is 0 Å². The van der Waals surface area contributed by atoms with Crippen molar-refractivity contribution >= 4 is 34.8 Å². The minimum absolute atomic E-state index is 0.0155. The lowest BCUT2D eigenvalue weighted by Gasteiger charge is -2.42. The molecule has 0 spiro atoms. The number of carbonyl (C=O) groups excluding carboxylic acids is 1. The van der Waals surface area contributed by atoms with Gasteiger partial charge in [0.1, 0.15) is 6.17 Å². The Morgan fingerprint density at radius 2 is 2.18 bits per heavy atom. The van der Waals surface area contributed by atoms with Gasteiger partial charge in [-0.3, -0.25) is 4.79 Å². The van der Waals surface area contributed by atoms with Gasteiger partial charge in [0.2, 0.25) is 0 Å². The maximum atomic E-state index is 12.0. The van der Waals surface area contributed by atoms with E-state index in [1.165, 1.54) is 0 Å². The molecule has 2 N–H and O–H groups in total.